The van der Waals surface area contributed by atoms with Crippen molar-refractivity contribution >= 4 is 35.0 Å². The molecule has 0 bridgehead atoms. The molecule has 2 aromatic rings. The van der Waals surface area contributed by atoms with Gasteiger partial charge in [0.15, 0.2) is 0 Å². The van der Waals surface area contributed by atoms with E-state index in [0.29, 0.717) is 23.1 Å². The third-order valence-corrected chi connectivity index (χ3v) is 3.99. The number of halogens is 1. The highest BCUT2D eigenvalue weighted by atomic mass is 32.2. The Morgan fingerprint density at radius 2 is 2.29 bits per heavy atom. The van der Waals surface area contributed by atoms with E-state index in [1.165, 1.54) is 17.8 Å². The third kappa shape index (κ3) is 3.69. The summed E-state index contributed by atoms with van der Waals surface area (Å²) in [5.41, 5.74) is 1.40. The number of hydrogen-bond acceptors (Lipinski definition) is 4. The molecule has 21 heavy (non-hydrogen) atoms. The second kappa shape index (κ2) is 7.03. The van der Waals surface area contributed by atoms with Crippen molar-refractivity contribution < 1.29 is 19.1 Å². The van der Waals surface area contributed by atoms with E-state index in [2.05, 4.69) is 10.3 Å². The van der Waals surface area contributed by atoms with Crippen molar-refractivity contribution in [3.63, 3.8) is 0 Å². The molecule has 0 fully saturated rings. The molecule has 0 saturated heterocycles. The van der Waals surface area contributed by atoms with Crippen molar-refractivity contribution in [2.75, 3.05) is 5.75 Å². The Balaban J connectivity index is 2.09. The average molecular weight is 308 g/mol. The summed E-state index contributed by atoms with van der Waals surface area (Å²) in [7, 11) is 0. The number of carboxylic acid groups (broad SMARTS) is 1. The number of carbonyl (C=O) groups excluding carboxylic acids is 1. The van der Waals surface area contributed by atoms with Gasteiger partial charge >= 0.3 is 5.97 Å². The van der Waals surface area contributed by atoms with Gasteiger partial charge in [-0.3, -0.25) is 9.78 Å². The number of hydrogen-bond donors (Lipinski definition) is 2. The van der Waals surface area contributed by atoms with E-state index in [1.807, 2.05) is 0 Å². The highest BCUT2D eigenvalue weighted by Crippen LogP contribution is 2.23. The summed E-state index contributed by atoms with van der Waals surface area (Å²) in [5.74, 6) is -0.715. The zero-order chi connectivity index (χ0) is 15.2. The van der Waals surface area contributed by atoms with Crippen LogP contribution in [0.25, 0.3) is 10.9 Å². The molecule has 1 aromatic carbocycles. The van der Waals surface area contributed by atoms with Gasteiger partial charge in [0.05, 0.1) is 5.52 Å². The van der Waals surface area contributed by atoms with E-state index >= 15 is 0 Å². The van der Waals surface area contributed by atoms with Crippen LogP contribution in [0.1, 0.15) is 5.56 Å². The van der Waals surface area contributed by atoms with Gasteiger partial charge in [0, 0.05) is 23.1 Å². The van der Waals surface area contributed by atoms with Crippen LogP contribution in [0.3, 0.4) is 0 Å². The number of aliphatic carboxylic acids is 1. The van der Waals surface area contributed by atoms with E-state index < -0.39 is 12.0 Å². The Morgan fingerprint density at radius 3 is 3.00 bits per heavy atom. The lowest BCUT2D eigenvalue weighted by Gasteiger charge is -2.11. The van der Waals surface area contributed by atoms with Crippen LogP contribution >= 0.6 is 11.8 Å². The van der Waals surface area contributed by atoms with Crippen LogP contribution in [0.5, 0.6) is 0 Å². The number of aromatic nitrogens is 1. The van der Waals surface area contributed by atoms with Crippen LogP contribution in [-0.2, 0) is 15.3 Å². The topological polar surface area (TPSA) is 79.3 Å². The molecule has 7 heteroatoms. The Hall–Kier alpha value is -2.15. The summed E-state index contributed by atoms with van der Waals surface area (Å²) in [5, 5.41) is 11.6. The highest BCUT2D eigenvalue weighted by molar-refractivity contribution is 7.98. The minimum Gasteiger partial charge on any atom is -0.480 e. The number of amides is 1. The predicted molar refractivity (Wildman–Crippen MR) is 78.5 cm³/mol. The van der Waals surface area contributed by atoms with Crippen LogP contribution < -0.4 is 5.32 Å². The summed E-state index contributed by atoms with van der Waals surface area (Å²) >= 11 is 1.34. The fourth-order valence-corrected chi connectivity index (χ4v) is 2.92. The van der Waals surface area contributed by atoms with Crippen LogP contribution in [-0.4, -0.2) is 34.3 Å². The van der Waals surface area contributed by atoms with Crippen molar-refractivity contribution in [2.24, 2.45) is 0 Å². The van der Waals surface area contributed by atoms with Crippen molar-refractivity contribution in [1.82, 2.24) is 10.3 Å². The molecule has 1 atom stereocenters. The molecule has 1 heterocycles. The summed E-state index contributed by atoms with van der Waals surface area (Å²) < 4.78 is 13.6. The molecule has 1 aromatic heterocycles. The lowest BCUT2D eigenvalue weighted by Crippen LogP contribution is -2.37. The van der Waals surface area contributed by atoms with Crippen LogP contribution in [0.2, 0.25) is 0 Å². The maximum Gasteiger partial charge on any atom is 0.327 e. The Morgan fingerprint density at radius 1 is 1.48 bits per heavy atom. The molecule has 0 aliphatic carbocycles. The standard InChI is InChI=1S/C14H13FN2O3S/c15-11-4-3-9(13-10(11)2-1-5-16-13)6-21-7-12(14(19)20)17-8-18/h1-5,8,12H,6-7H2,(H,17,18)(H,19,20). The molecule has 0 aliphatic rings. The van der Waals surface area contributed by atoms with E-state index in [1.54, 1.807) is 24.4 Å². The first-order valence-corrected chi connectivity index (χ1v) is 7.31. The molecule has 1 unspecified atom stereocenters. The van der Waals surface area contributed by atoms with Gasteiger partial charge in [0.2, 0.25) is 6.41 Å². The van der Waals surface area contributed by atoms with E-state index in [9.17, 15) is 14.0 Å². The third-order valence-electron chi connectivity index (χ3n) is 2.91. The number of benzene rings is 1. The van der Waals surface area contributed by atoms with Gasteiger partial charge in [0.1, 0.15) is 11.9 Å². The minimum atomic E-state index is -1.09. The first kappa shape index (κ1) is 15.2. The van der Waals surface area contributed by atoms with E-state index in [0.717, 1.165) is 5.56 Å². The van der Waals surface area contributed by atoms with Crippen LogP contribution in [0.15, 0.2) is 30.5 Å². The van der Waals surface area contributed by atoms with Gasteiger partial charge in [-0.1, -0.05) is 6.07 Å². The summed E-state index contributed by atoms with van der Waals surface area (Å²) in [4.78, 5) is 25.4. The van der Waals surface area contributed by atoms with Gasteiger partial charge in [-0.15, -0.1) is 0 Å². The fraction of sp³-hybridized carbons (Fsp3) is 0.214. The fourth-order valence-electron chi connectivity index (χ4n) is 1.87. The molecule has 1 amide bonds. The van der Waals surface area contributed by atoms with Gasteiger partial charge in [-0.05, 0) is 23.8 Å². The monoisotopic (exact) mass is 308 g/mol. The molecular formula is C14H13FN2O3S. The molecule has 0 saturated carbocycles. The summed E-state index contributed by atoms with van der Waals surface area (Å²) in [6.07, 6.45) is 1.96. The molecular weight excluding hydrogens is 295 g/mol. The van der Waals surface area contributed by atoms with Crippen LogP contribution in [0, 0.1) is 5.82 Å². The SMILES string of the molecule is O=CNC(CSCc1ccc(F)c2cccnc12)C(=O)O. The zero-order valence-electron chi connectivity index (χ0n) is 11.0. The Kier molecular flexibility index (Phi) is 5.10. The largest absolute Gasteiger partial charge is 0.480 e. The van der Waals surface area contributed by atoms with Crippen molar-refractivity contribution in [1.29, 1.82) is 0 Å². The maximum absolute atomic E-state index is 13.6. The molecule has 0 spiro atoms. The molecule has 0 aliphatic heterocycles. The van der Waals surface area contributed by atoms with E-state index in [4.69, 9.17) is 5.11 Å². The molecule has 0 radical (unpaired) electrons. The number of rotatable bonds is 7. The number of fused-ring (bicyclic) bond motifs is 1. The van der Waals surface area contributed by atoms with E-state index in [-0.39, 0.29) is 11.6 Å². The Labute approximate surface area is 124 Å². The first-order chi connectivity index (χ1) is 10.1. The molecule has 2 N–H and O–H groups in total. The molecule has 2 rings (SSSR count). The molecule has 110 valence electrons. The number of nitrogens with zero attached hydrogens (tertiary/aromatic N) is 1. The van der Waals surface area contributed by atoms with Gasteiger partial charge < -0.3 is 10.4 Å². The highest BCUT2D eigenvalue weighted by Gasteiger charge is 2.16. The van der Waals surface area contributed by atoms with Gasteiger partial charge in [0.25, 0.3) is 0 Å². The normalized spacial score (nSPS) is 12.0. The smallest absolute Gasteiger partial charge is 0.327 e. The predicted octanol–water partition coefficient (Wildman–Crippen LogP) is 1.81. The summed E-state index contributed by atoms with van der Waals surface area (Å²) in [6.45, 7) is 0. The number of carbonyl (C=O) groups is 2. The Bertz CT molecular complexity index is 666. The van der Waals surface area contributed by atoms with Crippen molar-refractivity contribution in [3.05, 3.63) is 41.8 Å². The second-order valence-corrected chi connectivity index (χ2v) is 5.33. The van der Waals surface area contributed by atoms with Gasteiger partial charge in [-0.2, -0.15) is 11.8 Å². The quantitative estimate of drug-likeness (QED) is 0.763. The number of thioether (sulfide) groups is 1. The van der Waals surface area contributed by atoms with Gasteiger partial charge in [-0.25, -0.2) is 9.18 Å². The second-order valence-electron chi connectivity index (χ2n) is 4.30. The maximum atomic E-state index is 13.6. The lowest BCUT2D eigenvalue weighted by atomic mass is 10.1. The van der Waals surface area contributed by atoms with Crippen molar-refractivity contribution in [3.8, 4) is 0 Å². The van der Waals surface area contributed by atoms with Crippen molar-refractivity contribution in [2.45, 2.75) is 11.8 Å². The first-order valence-electron chi connectivity index (χ1n) is 6.16. The summed E-state index contributed by atoms with van der Waals surface area (Å²) in [6, 6.07) is 5.39. The van der Waals surface area contributed by atoms with Crippen LogP contribution in [0.4, 0.5) is 4.39 Å². The number of carboxylic acids is 1. The minimum absolute atomic E-state index is 0.222. The average Bonchev–Trinajstić information content (AvgIpc) is 2.48. The number of nitrogens with one attached hydrogen (secondary N) is 1. The lowest BCUT2D eigenvalue weighted by molar-refractivity contribution is -0.139. The molecule has 5 nitrogen and oxygen atoms in total. The zero-order valence-corrected chi connectivity index (χ0v) is 11.8. The number of pyridine rings is 1.